The van der Waals surface area contributed by atoms with Crippen LogP contribution in [0, 0.1) is 0 Å². The van der Waals surface area contributed by atoms with Crippen molar-refractivity contribution in [1.29, 1.82) is 0 Å². The van der Waals surface area contributed by atoms with E-state index in [-0.39, 0.29) is 0 Å². The van der Waals surface area contributed by atoms with Crippen molar-refractivity contribution in [2.75, 3.05) is 0 Å². The Hall–Kier alpha value is -1.31. The lowest BCUT2D eigenvalue weighted by Gasteiger charge is -1.93. The Bertz CT molecular complexity index is 356. The van der Waals surface area contributed by atoms with Crippen molar-refractivity contribution in [3.63, 3.8) is 0 Å². The predicted octanol–water partition coefficient (Wildman–Crippen LogP) is 4.93. The molecular weight excluding hydrogens is 208 g/mol. The number of hydrogen-bond acceptors (Lipinski definition) is 1. The number of fused-ring (bicyclic) bond motifs is 1. The number of hydrogen-bond donors (Lipinski definition) is 1. The number of aromatic nitrogens is 2. The van der Waals surface area contributed by atoms with E-state index in [1.165, 1.54) is 38.5 Å². The third-order valence-corrected chi connectivity index (χ3v) is 2.78. The van der Waals surface area contributed by atoms with Crippen LogP contribution in [-0.4, -0.2) is 9.97 Å². The molecule has 0 amide bonds. The van der Waals surface area contributed by atoms with Gasteiger partial charge in [-0.2, -0.15) is 0 Å². The van der Waals surface area contributed by atoms with Gasteiger partial charge >= 0.3 is 0 Å². The Labute approximate surface area is 104 Å². The van der Waals surface area contributed by atoms with E-state index in [1.807, 2.05) is 24.3 Å². The van der Waals surface area contributed by atoms with Crippen LogP contribution in [0.1, 0.15) is 52.4 Å². The molecule has 1 heterocycles. The topological polar surface area (TPSA) is 28.7 Å². The van der Waals surface area contributed by atoms with Gasteiger partial charge in [-0.05, 0) is 12.1 Å². The van der Waals surface area contributed by atoms with Gasteiger partial charge in [-0.3, -0.25) is 0 Å². The molecule has 17 heavy (non-hydrogen) atoms. The third kappa shape index (κ3) is 5.53. The molecule has 1 N–H and O–H groups in total. The average molecular weight is 232 g/mol. The van der Waals surface area contributed by atoms with E-state index in [2.05, 4.69) is 23.8 Å². The summed E-state index contributed by atoms with van der Waals surface area (Å²) in [5.41, 5.74) is 2.12. The molecule has 2 aromatic rings. The molecule has 0 aliphatic heterocycles. The number of aromatic amines is 1. The molecule has 0 spiro atoms. The maximum atomic E-state index is 4.06. The van der Waals surface area contributed by atoms with Crippen LogP contribution in [0.15, 0.2) is 30.6 Å². The van der Waals surface area contributed by atoms with Crippen LogP contribution in [0.4, 0.5) is 0 Å². The maximum absolute atomic E-state index is 4.06. The molecule has 2 heteroatoms. The molecule has 2 rings (SSSR count). The van der Waals surface area contributed by atoms with Crippen LogP contribution < -0.4 is 0 Å². The monoisotopic (exact) mass is 232 g/mol. The molecule has 2 nitrogen and oxygen atoms in total. The second-order valence-corrected chi connectivity index (χ2v) is 4.33. The Morgan fingerprint density at radius 2 is 1.59 bits per heavy atom. The summed E-state index contributed by atoms with van der Waals surface area (Å²) in [5, 5.41) is 0. The van der Waals surface area contributed by atoms with Gasteiger partial charge in [0, 0.05) is 0 Å². The highest BCUT2D eigenvalue weighted by atomic mass is 14.9. The Balaban J connectivity index is 0.000000172. The summed E-state index contributed by atoms with van der Waals surface area (Å²) in [6.07, 6.45) is 10.2. The van der Waals surface area contributed by atoms with Crippen molar-refractivity contribution >= 4 is 11.0 Å². The molecule has 0 aliphatic rings. The first-order valence-electron chi connectivity index (χ1n) is 6.76. The smallest absolute Gasteiger partial charge is 0.0931 e. The summed E-state index contributed by atoms with van der Waals surface area (Å²) < 4.78 is 0. The summed E-state index contributed by atoms with van der Waals surface area (Å²) >= 11 is 0. The molecule has 1 aromatic heterocycles. The normalized spacial score (nSPS) is 10.0. The molecule has 0 fully saturated rings. The first kappa shape index (κ1) is 13.8. The van der Waals surface area contributed by atoms with E-state index in [4.69, 9.17) is 0 Å². The summed E-state index contributed by atoms with van der Waals surface area (Å²) in [7, 11) is 0. The largest absolute Gasteiger partial charge is 0.345 e. The van der Waals surface area contributed by atoms with Crippen molar-refractivity contribution in [2.45, 2.75) is 52.4 Å². The second-order valence-electron chi connectivity index (χ2n) is 4.33. The van der Waals surface area contributed by atoms with Crippen molar-refractivity contribution in [2.24, 2.45) is 0 Å². The fraction of sp³-hybridized carbons (Fsp3) is 0.533. The van der Waals surface area contributed by atoms with Crippen molar-refractivity contribution in [1.82, 2.24) is 9.97 Å². The molecule has 0 saturated heterocycles. The Morgan fingerprint density at radius 3 is 2.18 bits per heavy atom. The van der Waals surface area contributed by atoms with E-state index in [0.717, 1.165) is 11.0 Å². The third-order valence-electron chi connectivity index (χ3n) is 2.78. The molecule has 0 atom stereocenters. The molecule has 0 radical (unpaired) electrons. The lowest BCUT2D eigenvalue weighted by atomic mass is 10.1. The molecule has 1 aromatic carbocycles. The highest BCUT2D eigenvalue weighted by Gasteiger charge is 1.88. The van der Waals surface area contributed by atoms with Gasteiger partial charge in [0.05, 0.1) is 17.4 Å². The fourth-order valence-corrected chi connectivity index (χ4v) is 1.73. The average Bonchev–Trinajstić information content (AvgIpc) is 2.84. The summed E-state index contributed by atoms with van der Waals surface area (Å²) in [6.45, 7) is 4.51. The summed E-state index contributed by atoms with van der Waals surface area (Å²) in [4.78, 5) is 7.07. The molecule has 0 aliphatic carbocycles. The van der Waals surface area contributed by atoms with Gasteiger partial charge in [0.1, 0.15) is 0 Å². The zero-order valence-electron chi connectivity index (χ0n) is 11.1. The lowest BCUT2D eigenvalue weighted by Crippen LogP contribution is -1.73. The van der Waals surface area contributed by atoms with Gasteiger partial charge < -0.3 is 4.98 Å². The maximum Gasteiger partial charge on any atom is 0.0931 e. The SMILES string of the molecule is CCCCCCCC.c1ccc2[nH]cnc2c1. The number of para-hydroxylation sites is 2. The van der Waals surface area contributed by atoms with Gasteiger partial charge in [0.15, 0.2) is 0 Å². The van der Waals surface area contributed by atoms with Gasteiger partial charge in [-0.25, -0.2) is 4.98 Å². The zero-order chi connectivity index (χ0) is 12.3. The van der Waals surface area contributed by atoms with Crippen LogP contribution in [0.25, 0.3) is 11.0 Å². The highest BCUT2D eigenvalue weighted by molar-refractivity contribution is 5.73. The molecular formula is C15H24N2. The van der Waals surface area contributed by atoms with Crippen molar-refractivity contribution < 1.29 is 0 Å². The second kappa shape index (κ2) is 8.80. The first-order valence-corrected chi connectivity index (χ1v) is 6.76. The highest BCUT2D eigenvalue weighted by Crippen LogP contribution is 2.05. The van der Waals surface area contributed by atoms with E-state index < -0.39 is 0 Å². The molecule has 94 valence electrons. The minimum absolute atomic E-state index is 1.03. The quantitative estimate of drug-likeness (QED) is 0.727. The van der Waals surface area contributed by atoms with E-state index in [1.54, 1.807) is 6.33 Å². The van der Waals surface area contributed by atoms with Crippen LogP contribution in [-0.2, 0) is 0 Å². The zero-order valence-corrected chi connectivity index (χ0v) is 11.1. The van der Waals surface area contributed by atoms with Gasteiger partial charge in [0.2, 0.25) is 0 Å². The fourth-order valence-electron chi connectivity index (χ4n) is 1.73. The molecule has 0 saturated carbocycles. The van der Waals surface area contributed by atoms with Crippen LogP contribution >= 0.6 is 0 Å². The minimum atomic E-state index is 1.03. The minimum Gasteiger partial charge on any atom is -0.345 e. The predicted molar refractivity (Wildman–Crippen MR) is 75.1 cm³/mol. The number of rotatable bonds is 5. The van der Waals surface area contributed by atoms with E-state index >= 15 is 0 Å². The summed E-state index contributed by atoms with van der Waals surface area (Å²) in [6, 6.07) is 7.94. The number of benzene rings is 1. The Morgan fingerprint density at radius 1 is 0.941 bits per heavy atom. The van der Waals surface area contributed by atoms with E-state index in [9.17, 15) is 0 Å². The van der Waals surface area contributed by atoms with Gasteiger partial charge in [0.25, 0.3) is 0 Å². The van der Waals surface area contributed by atoms with Crippen LogP contribution in [0.5, 0.6) is 0 Å². The van der Waals surface area contributed by atoms with Crippen molar-refractivity contribution in [3.8, 4) is 0 Å². The number of nitrogens with one attached hydrogen (secondary N) is 1. The summed E-state index contributed by atoms with van der Waals surface area (Å²) in [5.74, 6) is 0. The first-order chi connectivity index (χ1) is 8.38. The lowest BCUT2D eigenvalue weighted by molar-refractivity contribution is 0.624. The molecule has 0 bridgehead atoms. The van der Waals surface area contributed by atoms with Gasteiger partial charge in [-0.1, -0.05) is 64.5 Å². The van der Waals surface area contributed by atoms with Crippen molar-refractivity contribution in [3.05, 3.63) is 30.6 Å². The number of nitrogens with zero attached hydrogens (tertiary/aromatic N) is 1. The number of unbranched alkanes of at least 4 members (excludes halogenated alkanes) is 5. The van der Waals surface area contributed by atoms with Crippen LogP contribution in [0.3, 0.4) is 0 Å². The van der Waals surface area contributed by atoms with E-state index in [0.29, 0.717) is 0 Å². The standard InChI is InChI=1S/C8H18.C7H6N2/c1-3-5-7-8-6-4-2;1-2-4-7-6(3-1)8-5-9-7/h3-8H2,1-2H3;1-5H,(H,8,9). The van der Waals surface area contributed by atoms with Crippen LogP contribution in [0.2, 0.25) is 0 Å². The molecule has 0 unspecified atom stereocenters. The van der Waals surface area contributed by atoms with Gasteiger partial charge in [-0.15, -0.1) is 0 Å². The number of H-pyrrole nitrogens is 1. The Kier molecular flexibility index (Phi) is 7.12. The number of imidazole rings is 1.